The van der Waals surface area contributed by atoms with Crippen molar-refractivity contribution in [2.45, 2.75) is 32.7 Å². The molecular formula is C20H24ClN5O2. The lowest BCUT2D eigenvalue weighted by atomic mass is 10.1. The second-order valence-corrected chi connectivity index (χ2v) is 6.88. The molecule has 2 aromatic heterocycles. The van der Waals surface area contributed by atoms with Crippen LogP contribution in [0.2, 0.25) is 0 Å². The quantitative estimate of drug-likeness (QED) is 0.695. The number of amides is 1. The summed E-state index contributed by atoms with van der Waals surface area (Å²) in [4.78, 5) is 17.0. The first-order chi connectivity index (χ1) is 13.1. The van der Waals surface area contributed by atoms with Crippen LogP contribution in [0, 0.1) is 13.8 Å². The molecule has 1 aromatic carbocycles. The summed E-state index contributed by atoms with van der Waals surface area (Å²) in [5, 5.41) is 10.7. The fourth-order valence-corrected chi connectivity index (χ4v) is 3.24. The number of aromatic nitrogens is 3. The molecule has 0 radical (unpaired) electrons. The second-order valence-electron chi connectivity index (χ2n) is 6.88. The van der Waals surface area contributed by atoms with Crippen molar-refractivity contribution in [3.05, 3.63) is 53.7 Å². The second kappa shape index (κ2) is 8.58. The third kappa shape index (κ3) is 4.26. The summed E-state index contributed by atoms with van der Waals surface area (Å²) in [7, 11) is 0. The molecule has 2 N–H and O–H groups in total. The number of aryl methyl sites for hydroxylation is 2. The summed E-state index contributed by atoms with van der Waals surface area (Å²) >= 11 is 0. The highest BCUT2D eigenvalue weighted by Crippen LogP contribution is 2.24. The van der Waals surface area contributed by atoms with Crippen molar-refractivity contribution in [3.8, 4) is 11.5 Å². The van der Waals surface area contributed by atoms with Crippen LogP contribution in [-0.4, -0.2) is 33.8 Å². The number of nitrogens with one attached hydrogen (secondary N) is 2. The minimum Gasteiger partial charge on any atom is -0.441 e. The smallest absolute Gasteiger partial charge is 0.276 e. The number of carbonyl (C=O) groups is 1. The molecule has 1 atom stereocenters. The molecular weight excluding hydrogens is 378 g/mol. The van der Waals surface area contributed by atoms with Gasteiger partial charge in [0.1, 0.15) is 5.76 Å². The summed E-state index contributed by atoms with van der Waals surface area (Å²) in [6.45, 7) is 5.73. The Labute approximate surface area is 169 Å². The van der Waals surface area contributed by atoms with Crippen LogP contribution >= 0.6 is 12.4 Å². The van der Waals surface area contributed by atoms with Gasteiger partial charge in [-0.25, -0.2) is 4.98 Å². The van der Waals surface area contributed by atoms with E-state index < -0.39 is 0 Å². The van der Waals surface area contributed by atoms with Gasteiger partial charge < -0.3 is 15.1 Å². The van der Waals surface area contributed by atoms with Gasteiger partial charge in [0.15, 0.2) is 5.69 Å². The highest BCUT2D eigenvalue weighted by Gasteiger charge is 2.18. The van der Waals surface area contributed by atoms with Crippen LogP contribution in [0.4, 0.5) is 5.69 Å². The monoisotopic (exact) mass is 401 g/mol. The Bertz CT molecular complexity index is 940. The van der Waals surface area contributed by atoms with Crippen molar-refractivity contribution >= 4 is 24.0 Å². The number of hydrogen-bond donors (Lipinski definition) is 2. The van der Waals surface area contributed by atoms with Crippen LogP contribution in [-0.2, 0) is 0 Å². The largest absolute Gasteiger partial charge is 0.441 e. The van der Waals surface area contributed by atoms with Crippen molar-refractivity contribution in [1.82, 2.24) is 20.1 Å². The van der Waals surface area contributed by atoms with E-state index in [1.807, 2.05) is 49.0 Å². The Morgan fingerprint density at radius 3 is 2.89 bits per heavy atom. The molecule has 0 aliphatic carbocycles. The molecule has 4 rings (SSSR count). The van der Waals surface area contributed by atoms with Gasteiger partial charge in [-0.3, -0.25) is 9.48 Å². The van der Waals surface area contributed by atoms with Crippen molar-refractivity contribution in [2.24, 2.45) is 0 Å². The SMILES string of the molecule is Cc1nc(-c2cccc(NC(=O)c3ccn(C4CCCNC4)n3)c2)oc1C.Cl. The van der Waals surface area contributed by atoms with E-state index in [1.165, 1.54) is 0 Å². The maximum atomic E-state index is 12.6. The number of carbonyl (C=O) groups excluding carboxylic acids is 1. The number of oxazole rings is 1. The number of nitrogens with zero attached hydrogens (tertiary/aromatic N) is 3. The zero-order valence-electron chi connectivity index (χ0n) is 15.9. The third-order valence-corrected chi connectivity index (χ3v) is 4.88. The van der Waals surface area contributed by atoms with E-state index in [1.54, 1.807) is 6.07 Å². The molecule has 148 valence electrons. The van der Waals surface area contributed by atoms with Crippen LogP contribution in [0.15, 0.2) is 40.9 Å². The lowest BCUT2D eigenvalue weighted by Gasteiger charge is -2.22. The number of hydrogen-bond acceptors (Lipinski definition) is 5. The van der Waals surface area contributed by atoms with E-state index in [4.69, 9.17) is 4.42 Å². The first-order valence-electron chi connectivity index (χ1n) is 9.22. The minimum absolute atomic E-state index is 0. The summed E-state index contributed by atoms with van der Waals surface area (Å²) in [6.07, 6.45) is 4.08. The number of rotatable bonds is 4. The fourth-order valence-electron chi connectivity index (χ4n) is 3.24. The van der Waals surface area contributed by atoms with E-state index in [-0.39, 0.29) is 18.3 Å². The number of halogens is 1. The summed E-state index contributed by atoms with van der Waals surface area (Å²) in [6, 6.07) is 9.53. The highest BCUT2D eigenvalue weighted by molar-refractivity contribution is 6.03. The molecule has 8 heteroatoms. The van der Waals surface area contributed by atoms with Gasteiger partial charge >= 0.3 is 0 Å². The zero-order chi connectivity index (χ0) is 18.8. The highest BCUT2D eigenvalue weighted by atomic mass is 35.5. The molecule has 0 spiro atoms. The minimum atomic E-state index is -0.227. The van der Waals surface area contributed by atoms with Gasteiger partial charge in [-0.05, 0) is 57.5 Å². The predicted molar refractivity (Wildman–Crippen MR) is 110 cm³/mol. The van der Waals surface area contributed by atoms with Crippen molar-refractivity contribution in [1.29, 1.82) is 0 Å². The van der Waals surface area contributed by atoms with Crippen LogP contribution in [0.3, 0.4) is 0 Å². The molecule has 0 saturated carbocycles. The van der Waals surface area contributed by atoms with E-state index >= 15 is 0 Å². The topological polar surface area (TPSA) is 85.0 Å². The third-order valence-electron chi connectivity index (χ3n) is 4.88. The van der Waals surface area contributed by atoms with Gasteiger partial charge in [0.05, 0.1) is 11.7 Å². The Kier molecular flexibility index (Phi) is 6.16. The van der Waals surface area contributed by atoms with Gasteiger partial charge in [-0.1, -0.05) is 6.07 Å². The summed E-state index contributed by atoms with van der Waals surface area (Å²) in [5.74, 6) is 1.12. The first kappa shape index (κ1) is 20.1. The molecule has 7 nitrogen and oxygen atoms in total. The molecule has 0 bridgehead atoms. The summed E-state index contributed by atoms with van der Waals surface area (Å²) < 4.78 is 7.55. The molecule has 1 fully saturated rings. The number of piperidine rings is 1. The molecule has 1 saturated heterocycles. The van der Waals surface area contributed by atoms with Crippen LogP contribution in [0.1, 0.15) is 40.8 Å². The van der Waals surface area contributed by atoms with Gasteiger partial charge in [-0.15, -0.1) is 12.4 Å². The molecule has 3 aromatic rings. The average molecular weight is 402 g/mol. The normalized spacial score (nSPS) is 16.4. The molecule has 3 heterocycles. The van der Waals surface area contributed by atoms with Gasteiger partial charge in [0.25, 0.3) is 5.91 Å². The Hall–Kier alpha value is -2.64. The lowest BCUT2D eigenvalue weighted by molar-refractivity contribution is 0.102. The summed E-state index contributed by atoms with van der Waals surface area (Å²) in [5.41, 5.74) is 2.78. The Morgan fingerprint density at radius 1 is 1.32 bits per heavy atom. The van der Waals surface area contributed by atoms with Crippen LogP contribution in [0.25, 0.3) is 11.5 Å². The predicted octanol–water partition coefficient (Wildman–Crippen LogP) is 3.75. The molecule has 1 aliphatic heterocycles. The molecule has 1 amide bonds. The first-order valence-corrected chi connectivity index (χ1v) is 9.22. The zero-order valence-corrected chi connectivity index (χ0v) is 16.8. The number of benzene rings is 1. The molecule has 1 unspecified atom stereocenters. The molecule has 28 heavy (non-hydrogen) atoms. The van der Waals surface area contributed by atoms with Crippen LogP contribution < -0.4 is 10.6 Å². The van der Waals surface area contributed by atoms with E-state index in [0.717, 1.165) is 42.9 Å². The maximum Gasteiger partial charge on any atom is 0.276 e. The Balaban J connectivity index is 0.00000225. The van der Waals surface area contributed by atoms with Crippen molar-refractivity contribution in [3.63, 3.8) is 0 Å². The molecule has 1 aliphatic rings. The number of anilines is 1. The van der Waals surface area contributed by atoms with Gasteiger partial charge in [0, 0.05) is 24.0 Å². The van der Waals surface area contributed by atoms with Crippen molar-refractivity contribution < 1.29 is 9.21 Å². The Morgan fingerprint density at radius 2 is 2.18 bits per heavy atom. The van der Waals surface area contributed by atoms with Gasteiger partial charge in [0.2, 0.25) is 5.89 Å². The van der Waals surface area contributed by atoms with Crippen LogP contribution in [0.5, 0.6) is 0 Å². The van der Waals surface area contributed by atoms with E-state index in [0.29, 0.717) is 23.3 Å². The van der Waals surface area contributed by atoms with Crippen molar-refractivity contribution in [2.75, 3.05) is 18.4 Å². The van der Waals surface area contributed by atoms with E-state index in [9.17, 15) is 4.79 Å². The van der Waals surface area contributed by atoms with E-state index in [2.05, 4.69) is 20.7 Å². The average Bonchev–Trinajstić information content (AvgIpc) is 3.30. The standard InChI is InChI=1S/C20H23N5O2.ClH/c1-13-14(2)27-20(22-13)15-5-3-6-16(11-15)23-19(26)18-8-10-25(24-18)17-7-4-9-21-12-17;/h3,5-6,8,10-11,17,21H,4,7,9,12H2,1-2H3,(H,23,26);1H. The lowest BCUT2D eigenvalue weighted by Crippen LogP contribution is -2.32. The maximum absolute atomic E-state index is 12.6. The van der Waals surface area contributed by atoms with Gasteiger partial charge in [-0.2, -0.15) is 5.10 Å². The fraction of sp³-hybridized carbons (Fsp3) is 0.350.